The predicted octanol–water partition coefficient (Wildman–Crippen LogP) is 6.12. The minimum atomic E-state index is -0.380. The molecular weight excluding hydrogens is 626 g/mol. The molecule has 0 unspecified atom stereocenters. The molecule has 4 rings (SSSR count). The van der Waals surface area contributed by atoms with Crippen molar-refractivity contribution in [2.24, 2.45) is 0 Å². The number of benzene rings is 4. The molecule has 6 heteroatoms. The van der Waals surface area contributed by atoms with Gasteiger partial charge in [0.25, 0.3) is 0 Å². The second kappa shape index (κ2) is 16.8. The monoisotopic (exact) mass is 664 g/mol. The Bertz CT molecular complexity index is 1100. The van der Waals surface area contributed by atoms with Crippen LogP contribution in [0.5, 0.6) is 0 Å². The molecule has 4 aromatic carbocycles. The van der Waals surface area contributed by atoms with Gasteiger partial charge in [-0.3, -0.25) is 0 Å². The van der Waals surface area contributed by atoms with Gasteiger partial charge in [-0.2, -0.15) is 0 Å². The van der Waals surface area contributed by atoms with Gasteiger partial charge in [0.2, 0.25) is 0 Å². The molecule has 0 aliphatic rings. The molecule has 0 atom stereocenters. The molecule has 0 aliphatic heterocycles. The van der Waals surface area contributed by atoms with Gasteiger partial charge in [-0.1, -0.05) is 0 Å². The molecule has 0 N–H and O–H groups in total. The summed E-state index contributed by atoms with van der Waals surface area (Å²) in [6.07, 6.45) is 3.27. The third kappa shape index (κ3) is 10.4. The van der Waals surface area contributed by atoms with Gasteiger partial charge in [0.05, 0.1) is 0 Å². The summed E-state index contributed by atoms with van der Waals surface area (Å²) in [7, 11) is 0. The maximum absolute atomic E-state index is 13.5. The van der Waals surface area contributed by atoms with Gasteiger partial charge >= 0.3 is 251 Å². The van der Waals surface area contributed by atoms with E-state index in [9.17, 15) is 9.59 Å². The van der Waals surface area contributed by atoms with E-state index in [1.54, 1.807) is 0 Å². The van der Waals surface area contributed by atoms with E-state index in [1.165, 1.54) is 22.3 Å². The van der Waals surface area contributed by atoms with Crippen LogP contribution in [0.25, 0.3) is 0 Å². The van der Waals surface area contributed by atoms with Gasteiger partial charge in [-0.15, -0.1) is 0 Å². The summed E-state index contributed by atoms with van der Waals surface area (Å²) in [5.74, 6) is 0. The van der Waals surface area contributed by atoms with Crippen LogP contribution in [0.4, 0.5) is 9.59 Å². The van der Waals surface area contributed by atoms with E-state index in [0.29, 0.717) is 26.2 Å². The molecule has 0 fully saturated rings. The molecule has 0 aliphatic carbocycles. The van der Waals surface area contributed by atoms with Crippen LogP contribution in [-0.2, 0) is 25.7 Å². The Balaban J connectivity index is 1.36. The number of amides is 2. The quantitative estimate of drug-likeness (QED) is 0.144. The average molecular weight is 663 g/mol. The van der Waals surface area contributed by atoms with Crippen LogP contribution in [-0.4, -0.2) is 71.9 Å². The van der Waals surface area contributed by atoms with Crippen molar-refractivity contribution in [2.45, 2.75) is 25.7 Å². The molecular formula is C34H36N2O2Se2. The standard InChI is InChI=1S/C34H36N2O2Se2/c37-33(35(25-21-29-13-5-1-6-14-29)26-22-30-15-7-2-8-16-30)39-40-34(38)36(27-23-31-17-9-3-10-18-31)28-24-32-19-11-4-12-20-32/h1-20H,21-28H2. The zero-order valence-corrected chi connectivity index (χ0v) is 26.2. The summed E-state index contributed by atoms with van der Waals surface area (Å²) >= 11 is -0.760. The molecule has 2 amide bonds. The Kier molecular flexibility index (Phi) is 12.6. The molecule has 4 nitrogen and oxygen atoms in total. The molecule has 4 aromatic rings. The van der Waals surface area contributed by atoms with Gasteiger partial charge in [-0.25, -0.2) is 0 Å². The number of rotatable bonds is 15. The van der Waals surface area contributed by atoms with Gasteiger partial charge in [0, 0.05) is 0 Å². The Morgan fingerprint density at radius 1 is 0.400 bits per heavy atom. The Morgan fingerprint density at radius 3 is 0.850 bits per heavy atom. The third-order valence-electron chi connectivity index (χ3n) is 6.75. The normalized spacial score (nSPS) is 10.7. The van der Waals surface area contributed by atoms with Crippen molar-refractivity contribution in [1.29, 1.82) is 0 Å². The Morgan fingerprint density at radius 2 is 0.625 bits per heavy atom. The first kappa shape index (κ1) is 29.8. The van der Waals surface area contributed by atoms with Crippen LogP contribution in [0.3, 0.4) is 0 Å². The first-order valence-corrected chi connectivity index (χ1v) is 19.8. The zero-order chi connectivity index (χ0) is 27.8. The fraction of sp³-hybridized carbons (Fsp3) is 0.235. The average Bonchev–Trinajstić information content (AvgIpc) is 3.02. The summed E-state index contributed by atoms with van der Waals surface area (Å²) in [6, 6.07) is 41.2. The van der Waals surface area contributed by atoms with Gasteiger partial charge in [0.15, 0.2) is 0 Å². The van der Waals surface area contributed by atoms with Gasteiger partial charge < -0.3 is 0 Å². The van der Waals surface area contributed by atoms with Crippen LogP contribution in [0, 0.1) is 0 Å². The maximum atomic E-state index is 13.5. The van der Waals surface area contributed by atoms with Crippen molar-refractivity contribution in [3.8, 4) is 0 Å². The number of nitrogens with zero attached hydrogens (tertiary/aromatic N) is 2. The molecule has 0 aromatic heterocycles. The second-order valence-corrected chi connectivity index (χ2v) is 15.4. The Labute approximate surface area is 249 Å². The minimum absolute atomic E-state index is 0.138. The van der Waals surface area contributed by atoms with Crippen LogP contribution >= 0.6 is 0 Å². The van der Waals surface area contributed by atoms with Gasteiger partial charge in [-0.05, 0) is 0 Å². The van der Waals surface area contributed by atoms with E-state index < -0.39 is 0 Å². The third-order valence-corrected chi connectivity index (χ3v) is 12.6. The molecule has 0 spiro atoms. The Hall–Kier alpha value is -3.14. The van der Waals surface area contributed by atoms with Crippen molar-refractivity contribution in [3.63, 3.8) is 0 Å². The molecule has 0 radical (unpaired) electrons. The van der Waals surface area contributed by atoms with E-state index in [-0.39, 0.29) is 35.9 Å². The first-order chi connectivity index (χ1) is 19.7. The molecule has 0 heterocycles. The van der Waals surface area contributed by atoms with E-state index in [4.69, 9.17) is 0 Å². The van der Waals surface area contributed by atoms with Crippen LogP contribution in [0.1, 0.15) is 22.3 Å². The molecule has 0 saturated heterocycles. The fourth-order valence-corrected chi connectivity index (χ4v) is 9.76. The summed E-state index contributed by atoms with van der Waals surface area (Å²) in [5, 5.41) is 0. The predicted molar refractivity (Wildman–Crippen MR) is 166 cm³/mol. The van der Waals surface area contributed by atoms with Crippen molar-refractivity contribution in [2.75, 3.05) is 26.2 Å². The van der Waals surface area contributed by atoms with Crippen molar-refractivity contribution in [3.05, 3.63) is 144 Å². The van der Waals surface area contributed by atoms with Crippen LogP contribution in [0.15, 0.2) is 121 Å². The number of carbonyl (C=O) groups is 2. The van der Waals surface area contributed by atoms with Crippen LogP contribution in [0.2, 0.25) is 0 Å². The molecule has 40 heavy (non-hydrogen) atoms. The van der Waals surface area contributed by atoms with E-state index in [1.807, 2.05) is 82.6 Å². The zero-order valence-electron chi connectivity index (χ0n) is 22.7. The first-order valence-electron chi connectivity index (χ1n) is 13.8. The topological polar surface area (TPSA) is 40.6 Å². The van der Waals surface area contributed by atoms with Crippen molar-refractivity contribution < 1.29 is 9.59 Å². The molecule has 0 saturated carbocycles. The van der Waals surface area contributed by atoms with E-state index in [2.05, 4.69) is 48.5 Å². The summed E-state index contributed by atoms with van der Waals surface area (Å²) in [6.45, 7) is 2.70. The van der Waals surface area contributed by atoms with E-state index >= 15 is 0 Å². The second-order valence-electron chi connectivity index (χ2n) is 9.61. The summed E-state index contributed by atoms with van der Waals surface area (Å²) in [5.41, 5.74) is 4.90. The SMILES string of the molecule is O=C([Se][Se]C(=O)N(CCc1ccccc1)CCc1ccccc1)N(CCc1ccccc1)CCc1ccccc1. The van der Waals surface area contributed by atoms with Crippen LogP contribution < -0.4 is 0 Å². The summed E-state index contributed by atoms with van der Waals surface area (Å²) in [4.78, 5) is 31.2. The molecule has 206 valence electrons. The number of hydrogen-bond acceptors (Lipinski definition) is 2. The number of carbonyl (C=O) groups excluding carboxylic acids is 2. The fourth-order valence-electron chi connectivity index (χ4n) is 4.40. The molecule has 0 bridgehead atoms. The van der Waals surface area contributed by atoms with Crippen molar-refractivity contribution in [1.82, 2.24) is 9.80 Å². The van der Waals surface area contributed by atoms with Gasteiger partial charge in [0.1, 0.15) is 0 Å². The number of hydrogen-bond donors (Lipinski definition) is 0. The van der Waals surface area contributed by atoms with E-state index in [0.717, 1.165) is 25.7 Å². The van der Waals surface area contributed by atoms with Crippen molar-refractivity contribution >= 4 is 35.9 Å². The summed E-state index contributed by atoms with van der Waals surface area (Å²) < 4.78 is 0.